The first-order valence-electron chi connectivity index (χ1n) is 7.17. The van der Waals surface area contributed by atoms with Gasteiger partial charge in [0.25, 0.3) is 0 Å². The third kappa shape index (κ3) is 6.23. The minimum Gasteiger partial charge on any atom is -0.465 e. The quantitative estimate of drug-likeness (QED) is 0.736. The molecule has 0 aromatic rings. The molecule has 0 aromatic heterocycles. The zero-order chi connectivity index (χ0) is 15.2. The number of nitrogens with zero attached hydrogens (tertiary/aromatic N) is 2. The zero-order valence-electron chi connectivity index (χ0n) is 13.0. The van der Waals surface area contributed by atoms with E-state index < -0.39 is 5.60 Å². The Hall–Kier alpha value is -1.30. The maximum Gasteiger partial charge on any atom is 0.410 e. The van der Waals surface area contributed by atoms with E-state index in [0.717, 1.165) is 13.0 Å². The lowest BCUT2D eigenvalue weighted by Crippen LogP contribution is -2.39. The summed E-state index contributed by atoms with van der Waals surface area (Å²) in [7, 11) is 0. The summed E-state index contributed by atoms with van der Waals surface area (Å²) < 4.78 is 10.3. The molecule has 0 atom stereocenters. The van der Waals surface area contributed by atoms with Gasteiger partial charge < -0.3 is 14.4 Å². The number of carbonyl (C=O) groups is 2. The largest absolute Gasteiger partial charge is 0.465 e. The number of hydrogen-bond acceptors (Lipinski definition) is 5. The molecule has 1 saturated heterocycles. The fourth-order valence-electron chi connectivity index (χ4n) is 2.03. The Bertz CT molecular complexity index is 339. The van der Waals surface area contributed by atoms with Crippen molar-refractivity contribution >= 4 is 12.1 Å². The van der Waals surface area contributed by atoms with Crippen LogP contribution in [0.4, 0.5) is 4.79 Å². The predicted molar refractivity (Wildman–Crippen MR) is 75.5 cm³/mol. The molecule has 6 nitrogen and oxygen atoms in total. The predicted octanol–water partition coefficient (Wildman–Crippen LogP) is 1.49. The van der Waals surface area contributed by atoms with Gasteiger partial charge in [0.15, 0.2) is 0 Å². The van der Waals surface area contributed by atoms with E-state index in [1.807, 2.05) is 25.7 Å². The Labute approximate surface area is 121 Å². The second-order valence-corrected chi connectivity index (χ2v) is 5.90. The van der Waals surface area contributed by atoms with E-state index in [1.165, 1.54) is 0 Å². The number of amides is 1. The van der Waals surface area contributed by atoms with Crippen molar-refractivity contribution in [2.24, 2.45) is 0 Å². The van der Waals surface area contributed by atoms with Crippen LogP contribution in [0.25, 0.3) is 0 Å². The maximum absolute atomic E-state index is 12.0. The van der Waals surface area contributed by atoms with E-state index in [2.05, 4.69) is 0 Å². The summed E-state index contributed by atoms with van der Waals surface area (Å²) in [5.41, 5.74) is -0.478. The van der Waals surface area contributed by atoms with Gasteiger partial charge in [0.1, 0.15) is 5.60 Å². The first kappa shape index (κ1) is 16.8. The van der Waals surface area contributed by atoms with Crippen LogP contribution in [0.5, 0.6) is 0 Å². The van der Waals surface area contributed by atoms with Crippen LogP contribution in [-0.2, 0) is 14.3 Å². The average molecular weight is 286 g/mol. The molecule has 1 aliphatic heterocycles. The maximum atomic E-state index is 12.0. The summed E-state index contributed by atoms with van der Waals surface area (Å²) in [6.07, 6.45) is 0.550. The van der Waals surface area contributed by atoms with Gasteiger partial charge in [-0.1, -0.05) is 0 Å². The summed E-state index contributed by atoms with van der Waals surface area (Å²) >= 11 is 0. The molecule has 1 aliphatic rings. The topological polar surface area (TPSA) is 59.1 Å². The molecular weight excluding hydrogens is 260 g/mol. The summed E-state index contributed by atoms with van der Waals surface area (Å²) in [6, 6.07) is 0. The van der Waals surface area contributed by atoms with Gasteiger partial charge in [-0.3, -0.25) is 9.69 Å². The molecule has 0 aromatic carbocycles. The Kier molecular flexibility index (Phi) is 6.26. The summed E-state index contributed by atoms with van der Waals surface area (Å²) in [4.78, 5) is 27.2. The lowest BCUT2D eigenvalue weighted by Gasteiger charge is -2.26. The van der Waals surface area contributed by atoms with E-state index >= 15 is 0 Å². The Morgan fingerprint density at radius 2 is 1.80 bits per heavy atom. The molecule has 1 heterocycles. The highest BCUT2D eigenvalue weighted by molar-refractivity contribution is 5.71. The van der Waals surface area contributed by atoms with E-state index in [0.29, 0.717) is 26.2 Å². The van der Waals surface area contributed by atoms with Gasteiger partial charge in [-0.2, -0.15) is 0 Å². The number of carbonyl (C=O) groups excluding carboxylic acids is 2. The molecule has 0 N–H and O–H groups in total. The Balaban J connectivity index is 2.43. The van der Waals surface area contributed by atoms with Crippen molar-refractivity contribution in [2.75, 3.05) is 39.3 Å². The second kappa shape index (κ2) is 7.47. The number of hydrogen-bond donors (Lipinski definition) is 0. The summed E-state index contributed by atoms with van der Waals surface area (Å²) in [6.45, 7) is 10.7. The average Bonchev–Trinajstić information content (AvgIpc) is 2.52. The highest BCUT2D eigenvalue weighted by atomic mass is 16.6. The monoisotopic (exact) mass is 286 g/mol. The van der Waals surface area contributed by atoms with Crippen molar-refractivity contribution < 1.29 is 19.1 Å². The van der Waals surface area contributed by atoms with Gasteiger partial charge in [-0.15, -0.1) is 0 Å². The van der Waals surface area contributed by atoms with Crippen LogP contribution < -0.4 is 0 Å². The normalized spacial score (nSPS) is 17.5. The molecule has 0 bridgehead atoms. The van der Waals surface area contributed by atoms with E-state index in [-0.39, 0.29) is 18.6 Å². The Morgan fingerprint density at radius 3 is 2.40 bits per heavy atom. The van der Waals surface area contributed by atoms with E-state index in [9.17, 15) is 9.59 Å². The number of esters is 1. The second-order valence-electron chi connectivity index (χ2n) is 5.90. The zero-order valence-corrected chi connectivity index (χ0v) is 13.0. The first-order chi connectivity index (χ1) is 9.31. The molecule has 116 valence electrons. The van der Waals surface area contributed by atoms with Crippen LogP contribution in [0.15, 0.2) is 0 Å². The van der Waals surface area contributed by atoms with Gasteiger partial charge >= 0.3 is 12.1 Å². The van der Waals surface area contributed by atoms with Crippen LogP contribution in [0.3, 0.4) is 0 Å². The van der Waals surface area contributed by atoms with Crippen molar-refractivity contribution in [3.63, 3.8) is 0 Å². The lowest BCUT2D eigenvalue weighted by molar-refractivity contribution is -0.144. The fraction of sp³-hybridized carbons (Fsp3) is 0.857. The minimum absolute atomic E-state index is 0.210. The highest BCUT2D eigenvalue weighted by Crippen LogP contribution is 2.12. The fourth-order valence-corrected chi connectivity index (χ4v) is 2.03. The van der Waals surface area contributed by atoms with E-state index in [1.54, 1.807) is 11.8 Å². The molecule has 1 amide bonds. The summed E-state index contributed by atoms with van der Waals surface area (Å²) in [5, 5.41) is 0. The van der Waals surface area contributed by atoms with E-state index in [4.69, 9.17) is 9.47 Å². The molecule has 20 heavy (non-hydrogen) atoms. The van der Waals surface area contributed by atoms with Crippen LogP contribution in [0, 0.1) is 0 Å². The third-order valence-electron chi connectivity index (χ3n) is 2.90. The minimum atomic E-state index is -0.478. The number of ether oxygens (including phenoxy) is 2. The third-order valence-corrected chi connectivity index (χ3v) is 2.90. The molecule has 1 rings (SSSR count). The van der Waals surface area contributed by atoms with Crippen LogP contribution in [0.1, 0.15) is 34.1 Å². The van der Waals surface area contributed by atoms with Crippen molar-refractivity contribution in [2.45, 2.75) is 39.7 Å². The van der Waals surface area contributed by atoms with Gasteiger partial charge in [0.2, 0.25) is 0 Å². The first-order valence-corrected chi connectivity index (χ1v) is 7.17. The molecule has 0 aliphatic carbocycles. The van der Waals surface area contributed by atoms with Crippen LogP contribution in [-0.4, -0.2) is 66.8 Å². The number of rotatable bonds is 3. The van der Waals surface area contributed by atoms with Crippen LogP contribution >= 0.6 is 0 Å². The summed E-state index contributed by atoms with van der Waals surface area (Å²) in [5.74, 6) is -0.210. The smallest absolute Gasteiger partial charge is 0.410 e. The molecule has 0 spiro atoms. The molecule has 0 radical (unpaired) electrons. The standard InChI is InChI=1S/C14H26N2O4/c1-5-19-12(17)11-15-7-6-8-16(10-9-15)13(18)20-14(2,3)4/h5-11H2,1-4H3. The van der Waals surface area contributed by atoms with Gasteiger partial charge in [-0.25, -0.2) is 4.79 Å². The molecular formula is C14H26N2O4. The lowest BCUT2D eigenvalue weighted by atomic mass is 10.2. The van der Waals surface area contributed by atoms with Gasteiger partial charge in [0.05, 0.1) is 13.2 Å². The molecule has 6 heteroatoms. The van der Waals surface area contributed by atoms with Crippen molar-refractivity contribution in [3.8, 4) is 0 Å². The van der Waals surface area contributed by atoms with Crippen molar-refractivity contribution in [3.05, 3.63) is 0 Å². The van der Waals surface area contributed by atoms with Gasteiger partial charge in [-0.05, 0) is 34.1 Å². The molecule has 1 fully saturated rings. The van der Waals surface area contributed by atoms with Crippen molar-refractivity contribution in [1.82, 2.24) is 9.80 Å². The van der Waals surface area contributed by atoms with Crippen LogP contribution in [0.2, 0.25) is 0 Å². The molecule has 0 unspecified atom stereocenters. The van der Waals surface area contributed by atoms with Gasteiger partial charge in [0, 0.05) is 26.2 Å². The van der Waals surface area contributed by atoms with Crippen molar-refractivity contribution in [1.29, 1.82) is 0 Å². The highest BCUT2D eigenvalue weighted by Gasteiger charge is 2.25. The molecule has 0 saturated carbocycles. The Morgan fingerprint density at radius 1 is 1.10 bits per heavy atom. The SMILES string of the molecule is CCOC(=O)CN1CCCN(C(=O)OC(C)(C)C)CC1.